The first-order chi connectivity index (χ1) is 15.0. The van der Waals surface area contributed by atoms with E-state index in [0.717, 1.165) is 9.78 Å². The van der Waals surface area contributed by atoms with Crippen molar-refractivity contribution >= 4 is 34.7 Å². The van der Waals surface area contributed by atoms with Crippen LogP contribution in [-0.4, -0.2) is 28.7 Å². The molecule has 1 aliphatic rings. The van der Waals surface area contributed by atoms with Crippen molar-refractivity contribution in [1.82, 2.24) is 4.90 Å². The van der Waals surface area contributed by atoms with Gasteiger partial charge in [0.15, 0.2) is 0 Å². The zero-order valence-electron chi connectivity index (χ0n) is 16.2. The standard InChI is InChI=1S/C23H16FN3O3S/c24-17-7-5-16(6-8-17)22(29)26(14-19-2-1-11-31-19)20-12-21(28)27(23(20)30)18-9-3-15(13-25)4-10-18/h1-11,20H,12,14H2. The average Bonchev–Trinajstić information content (AvgIpc) is 3.39. The molecule has 154 valence electrons. The molecule has 2 heterocycles. The molecule has 0 saturated carbocycles. The second-order valence-electron chi connectivity index (χ2n) is 6.97. The van der Waals surface area contributed by atoms with Gasteiger partial charge in [0.1, 0.15) is 11.9 Å². The highest BCUT2D eigenvalue weighted by Gasteiger charge is 2.44. The smallest absolute Gasteiger partial charge is 0.257 e. The maximum atomic E-state index is 13.3. The number of nitrogens with zero attached hydrogens (tertiary/aromatic N) is 3. The van der Waals surface area contributed by atoms with Gasteiger partial charge in [0.05, 0.1) is 30.3 Å². The fourth-order valence-corrected chi connectivity index (χ4v) is 4.17. The van der Waals surface area contributed by atoms with Gasteiger partial charge < -0.3 is 4.90 Å². The molecule has 0 N–H and O–H groups in total. The van der Waals surface area contributed by atoms with Gasteiger partial charge in [-0.3, -0.25) is 14.4 Å². The minimum absolute atomic E-state index is 0.152. The summed E-state index contributed by atoms with van der Waals surface area (Å²) in [6, 6.07) is 15.9. The Morgan fingerprint density at radius 1 is 1.13 bits per heavy atom. The second-order valence-corrected chi connectivity index (χ2v) is 8.00. The molecule has 0 spiro atoms. The van der Waals surface area contributed by atoms with Crippen molar-refractivity contribution in [2.45, 2.75) is 19.0 Å². The zero-order chi connectivity index (χ0) is 22.0. The minimum atomic E-state index is -0.984. The number of benzene rings is 2. The van der Waals surface area contributed by atoms with E-state index >= 15 is 0 Å². The fraction of sp³-hybridized carbons (Fsp3) is 0.130. The lowest BCUT2D eigenvalue weighted by Gasteiger charge is -2.27. The summed E-state index contributed by atoms with van der Waals surface area (Å²) in [7, 11) is 0. The Labute approximate surface area is 181 Å². The highest BCUT2D eigenvalue weighted by Crippen LogP contribution is 2.28. The van der Waals surface area contributed by atoms with Gasteiger partial charge in [-0.25, -0.2) is 9.29 Å². The Morgan fingerprint density at radius 2 is 1.84 bits per heavy atom. The summed E-state index contributed by atoms with van der Waals surface area (Å²) in [5.74, 6) is -1.87. The first kappa shape index (κ1) is 20.4. The summed E-state index contributed by atoms with van der Waals surface area (Å²) in [4.78, 5) is 42.4. The Balaban J connectivity index is 1.66. The van der Waals surface area contributed by atoms with Gasteiger partial charge in [-0.05, 0) is 60.0 Å². The quantitative estimate of drug-likeness (QED) is 0.574. The molecule has 8 heteroatoms. The molecule has 0 aliphatic carbocycles. The lowest BCUT2D eigenvalue weighted by Crippen LogP contribution is -2.45. The topological polar surface area (TPSA) is 81.5 Å². The SMILES string of the molecule is N#Cc1ccc(N2C(=O)CC(N(Cc3cccs3)C(=O)c3ccc(F)cc3)C2=O)cc1. The van der Waals surface area contributed by atoms with Crippen LogP contribution in [0, 0.1) is 17.1 Å². The monoisotopic (exact) mass is 433 g/mol. The van der Waals surface area contributed by atoms with Crippen LogP contribution >= 0.6 is 11.3 Å². The first-order valence-corrected chi connectivity index (χ1v) is 10.3. The molecule has 0 radical (unpaired) electrons. The van der Waals surface area contributed by atoms with Crippen LogP contribution in [-0.2, 0) is 16.1 Å². The van der Waals surface area contributed by atoms with E-state index in [4.69, 9.17) is 5.26 Å². The summed E-state index contributed by atoms with van der Waals surface area (Å²) in [5, 5.41) is 10.8. The number of nitriles is 1. The number of hydrogen-bond acceptors (Lipinski definition) is 5. The van der Waals surface area contributed by atoms with Crippen molar-refractivity contribution in [2.24, 2.45) is 0 Å². The number of anilines is 1. The van der Waals surface area contributed by atoms with E-state index in [1.807, 2.05) is 23.6 Å². The normalized spacial score (nSPS) is 15.7. The number of halogens is 1. The molecule has 3 aromatic rings. The molecule has 1 atom stereocenters. The highest BCUT2D eigenvalue weighted by molar-refractivity contribution is 7.09. The fourth-order valence-electron chi connectivity index (χ4n) is 3.47. The van der Waals surface area contributed by atoms with Crippen molar-refractivity contribution in [3.63, 3.8) is 0 Å². The highest BCUT2D eigenvalue weighted by atomic mass is 32.1. The molecule has 1 unspecified atom stereocenters. The van der Waals surface area contributed by atoms with E-state index in [1.54, 1.807) is 0 Å². The van der Waals surface area contributed by atoms with Crippen molar-refractivity contribution in [3.8, 4) is 6.07 Å². The van der Waals surface area contributed by atoms with E-state index in [2.05, 4.69) is 0 Å². The Morgan fingerprint density at radius 3 is 2.45 bits per heavy atom. The van der Waals surface area contributed by atoms with Gasteiger partial charge in [-0.2, -0.15) is 5.26 Å². The third-order valence-electron chi connectivity index (χ3n) is 5.01. The Kier molecular flexibility index (Phi) is 5.60. The molecule has 1 fully saturated rings. The molecule has 1 saturated heterocycles. The Bertz CT molecular complexity index is 1170. The summed E-state index contributed by atoms with van der Waals surface area (Å²) in [6.07, 6.45) is -0.156. The largest absolute Gasteiger partial charge is 0.321 e. The molecule has 6 nitrogen and oxygen atoms in total. The van der Waals surface area contributed by atoms with Crippen molar-refractivity contribution in [2.75, 3.05) is 4.90 Å². The van der Waals surface area contributed by atoms with Crippen molar-refractivity contribution in [3.05, 3.63) is 87.9 Å². The molecular formula is C23H16FN3O3S. The van der Waals surface area contributed by atoms with E-state index < -0.39 is 29.6 Å². The molecule has 2 aromatic carbocycles. The lowest BCUT2D eigenvalue weighted by atomic mass is 10.1. The summed E-state index contributed by atoms with van der Waals surface area (Å²) in [5.41, 5.74) is 0.988. The van der Waals surface area contributed by atoms with Crippen LogP contribution in [0.4, 0.5) is 10.1 Å². The maximum absolute atomic E-state index is 13.3. The van der Waals surface area contributed by atoms with E-state index in [9.17, 15) is 18.8 Å². The van der Waals surface area contributed by atoms with E-state index in [0.29, 0.717) is 11.3 Å². The molecule has 1 aliphatic heterocycles. The van der Waals surface area contributed by atoms with Gasteiger partial charge in [0, 0.05) is 10.4 Å². The van der Waals surface area contributed by atoms with Crippen LogP contribution in [0.15, 0.2) is 66.0 Å². The molecule has 4 rings (SSSR count). The van der Waals surface area contributed by atoms with Crippen LogP contribution in [0.1, 0.15) is 27.2 Å². The zero-order valence-corrected chi connectivity index (χ0v) is 17.0. The predicted octanol–water partition coefficient (Wildman–Crippen LogP) is 3.73. The van der Waals surface area contributed by atoms with Crippen LogP contribution < -0.4 is 4.90 Å². The molecule has 31 heavy (non-hydrogen) atoms. The molecule has 0 bridgehead atoms. The van der Waals surface area contributed by atoms with Crippen LogP contribution in [0.2, 0.25) is 0 Å². The van der Waals surface area contributed by atoms with Gasteiger partial charge in [0.25, 0.3) is 11.8 Å². The number of carbonyl (C=O) groups is 3. The van der Waals surface area contributed by atoms with E-state index in [-0.39, 0.29) is 18.5 Å². The maximum Gasteiger partial charge on any atom is 0.257 e. The number of hydrogen-bond donors (Lipinski definition) is 0. The number of thiophene rings is 1. The summed E-state index contributed by atoms with van der Waals surface area (Å²) < 4.78 is 13.3. The number of imide groups is 1. The van der Waals surface area contributed by atoms with Crippen LogP contribution in [0.3, 0.4) is 0 Å². The first-order valence-electron chi connectivity index (χ1n) is 9.44. The predicted molar refractivity (Wildman–Crippen MR) is 113 cm³/mol. The Hall–Kier alpha value is -3.83. The average molecular weight is 433 g/mol. The third kappa shape index (κ3) is 4.09. The number of amides is 3. The van der Waals surface area contributed by atoms with Crippen molar-refractivity contribution in [1.29, 1.82) is 5.26 Å². The minimum Gasteiger partial charge on any atom is -0.321 e. The molecular weight excluding hydrogens is 417 g/mol. The summed E-state index contributed by atoms with van der Waals surface area (Å²) >= 11 is 1.43. The molecule has 3 amide bonds. The third-order valence-corrected chi connectivity index (χ3v) is 5.87. The van der Waals surface area contributed by atoms with Gasteiger partial charge >= 0.3 is 0 Å². The number of carbonyl (C=O) groups excluding carboxylic acids is 3. The van der Waals surface area contributed by atoms with Crippen molar-refractivity contribution < 1.29 is 18.8 Å². The molecule has 1 aromatic heterocycles. The summed E-state index contributed by atoms with van der Waals surface area (Å²) in [6.45, 7) is 0.152. The van der Waals surface area contributed by atoms with Crippen LogP contribution in [0.5, 0.6) is 0 Å². The number of rotatable bonds is 5. The van der Waals surface area contributed by atoms with Gasteiger partial charge in [0.2, 0.25) is 5.91 Å². The van der Waals surface area contributed by atoms with Crippen LogP contribution in [0.25, 0.3) is 0 Å². The van der Waals surface area contributed by atoms with Gasteiger partial charge in [-0.15, -0.1) is 11.3 Å². The lowest BCUT2D eigenvalue weighted by molar-refractivity contribution is -0.122. The van der Waals surface area contributed by atoms with Gasteiger partial charge in [-0.1, -0.05) is 6.07 Å². The van der Waals surface area contributed by atoms with E-state index in [1.165, 1.54) is 64.8 Å². The second kappa shape index (κ2) is 8.50.